The molecular formula is C20H18FN3O3. The van der Waals surface area contributed by atoms with E-state index in [4.69, 9.17) is 9.26 Å². The molecule has 1 amide bonds. The smallest absolute Gasteiger partial charge is 0.359 e. The molecule has 1 aromatic heterocycles. The first-order valence-electron chi connectivity index (χ1n) is 8.80. The van der Waals surface area contributed by atoms with Gasteiger partial charge in [0.15, 0.2) is 0 Å². The summed E-state index contributed by atoms with van der Waals surface area (Å²) in [6.45, 7) is 1.21. The van der Waals surface area contributed by atoms with E-state index in [1.165, 1.54) is 12.1 Å². The van der Waals surface area contributed by atoms with Crippen molar-refractivity contribution in [2.24, 2.45) is 0 Å². The average molecular weight is 367 g/mol. The van der Waals surface area contributed by atoms with Crippen molar-refractivity contribution in [1.29, 1.82) is 0 Å². The van der Waals surface area contributed by atoms with Crippen molar-refractivity contribution >= 4 is 5.91 Å². The van der Waals surface area contributed by atoms with E-state index in [0.717, 1.165) is 12.8 Å². The van der Waals surface area contributed by atoms with Crippen LogP contribution in [0.3, 0.4) is 0 Å². The maximum absolute atomic E-state index is 13.2. The number of piperidine rings is 1. The first-order chi connectivity index (χ1) is 13.2. The van der Waals surface area contributed by atoms with Crippen LogP contribution in [0.4, 0.5) is 4.39 Å². The van der Waals surface area contributed by atoms with Gasteiger partial charge in [-0.05, 0) is 42.3 Å². The van der Waals surface area contributed by atoms with Crippen molar-refractivity contribution < 1.29 is 18.4 Å². The summed E-state index contributed by atoms with van der Waals surface area (Å²) in [7, 11) is 0. The molecule has 0 N–H and O–H groups in total. The number of aromatic nitrogens is 2. The maximum Gasteiger partial charge on any atom is 0.359 e. The summed E-state index contributed by atoms with van der Waals surface area (Å²) in [6, 6.07) is 15.0. The van der Waals surface area contributed by atoms with Crippen molar-refractivity contribution in [3.05, 3.63) is 71.9 Å². The van der Waals surface area contributed by atoms with Gasteiger partial charge in [-0.25, -0.2) is 4.39 Å². The molecule has 0 aliphatic carbocycles. The maximum atomic E-state index is 13.2. The number of likely N-dealkylation sites (tertiary alicyclic amines) is 1. The predicted octanol–water partition coefficient (Wildman–Crippen LogP) is 4.02. The first-order valence-corrected chi connectivity index (χ1v) is 8.80. The van der Waals surface area contributed by atoms with Gasteiger partial charge >= 0.3 is 6.01 Å². The second-order valence-electron chi connectivity index (χ2n) is 6.43. The summed E-state index contributed by atoms with van der Waals surface area (Å²) in [4.78, 5) is 18.7. The number of hydrogen-bond acceptors (Lipinski definition) is 5. The van der Waals surface area contributed by atoms with Crippen LogP contribution >= 0.6 is 0 Å². The average Bonchev–Trinajstić information content (AvgIpc) is 3.17. The van der Waals surface area contributed by atoms with Gasteiger partial charge in [-0.15, -0.1) is 0 Å². The SMILES string of the molecule is O=C(c1ccccc1)N1CCC[C@H](c2nc(Oc3cccc(F)c3)no2)C1. The van der Waals surface area contributed by atoms with Gasteiger partial charge in [0.25, 0.3) is 5.91 Å². The third-order valence-corrected chi connectivity index (χ3v) is 4.51. The van der Waals surface area contributed by atoms with E-state index in [1.807, 2.05) is 30.3 Å². The highest BCUT2D eigenvalue weighted by molar-refractivity contribution is 5.94. The van der Waals surface area contributed by atoms with Crippen molar-refractivity contribution in [3.63, 3.8) is 0 Å². The Hall–Kier alpha value is -3.22. The van der Waals surface area contributed by atoms with Crippen LogP contribution in [0.25, 0.3) is 0 Å². The number of hydrogen-bond donors (Lipinski definition) is 0. The van der Waals surface area contributed by atoms with Crippen molar-refractivity contribution in [3.8, 4) is 11.8 Å². The lowest BCUT2D eigenvalue weighted by Gasteiger charge is -2.31. The third-order valence-electron chi connectivity index (χ3n) is 4.51. The Morgan fingerprint density at radius 1 is 1.19 bits per heavy atom. The molecule has 1 fully saturated rings. The molecule has 0 unspecified atom stereocenters. The highest BCUT2D eigenvalue weighted by Gasteiger charge is 2.29. The van der Waals surface area contributed by atoms with Gasteiger partial charge < -0.3 is 14.2 Å². The van der Waals surface area contributed by atoms with Gasteiger partial charge in [0.1, 0.15) is 11.6 Å². The minimum Gasteiger partial charge on any atom is -0.422 e. The molecule has 0 saturated carbocycles. The number of benzene rings is 2. The summed E-state index contributed by atoms with van der Waals surface area (Å²) in [5.41, 5.74) is 0.666. The normalized spacial score (nSPS) is 16.9. The summed E-state index contributed by atoms with van der Waals surface area (Å²) in [6.07, 6.45) is 1.70. The fourth-order valence-corrected chi connectivity index (χ4v) is 3.19. The van der Waals surface area contributed by atoms with Crippen LogP contribution in [0.1, 0.15) is 35.0 Å². The molecule has 6 nitrogen and oxygen atoms in total. The molecule has 4 rings (SSSR count). The molecule has 3 aromatic rings. The molecule has 7 heteroatoms. The van der Waals surface area contributed by atoms with Gasteiger partial charge in [-0.1, -0.05) is 24.3 Å². The quantitative estimate of drug-likeness (QED) is 0.697. The molecule has 27 heavy (non-hydrogen) atoms. The number of nitrogens with zero attached hydrogens (tertiary/aromatic N) is 3. The van der Waals surface area contributed by atoms with Crippen molar-refractivity contribution in [2.75, 3.05) is 13.1 Å². The fraction of sp³-hybridized carbons (Fsp3) is 0.250. The number of carbonyl (C=O) groups excluding carboxylic acids is 1. The summed E-state index contributed by atoms with van der Waals surface area (Å²) in [5, 5.41) is 3.81. The Morgan fingerprint density at radius 2 is 2.04 bits per heavy atom. The van der Waals surface area contributed by atoms with Crippen LogP contribution in [-0.4, -0.2) is 34.0 Å². The highest BCUT2D eigenvalue weighted by Crippen LogP contribution is 2.28. The van der Waals surface area contributed by atoms with Crippen LogP contribution in [0, 0.1) is 5.82 Å². The number of amides is 1. The van der Waals surface area contributed by atoms with Gasteiger partial charge in [-0.2, -0.15) is 4.98 Å². The standard InChI is InChI=1S/C20H18FN3O3/c21-16-9-4-10-17(12-16)26-20-22-18(27-23-20)15-8-5-11-24(13-15)19(25)14-6-2-1-3-7-14/h1-4,6-7,9-10,12,15H,5,8,11,13H2/t15-/m0/s1. The predicted molar refractivity (Wildman–Crippen MR) is 95.1 cm³/mol. The molecule has 138 valence electrons. The molecule has 0 bridgehead atoms. The Balaban J connectivity index is 1.44. The molecular weight excluding hydrogens is 349 g/mol. The van der Waals surface area contributed by atoms with E-state index < -0.39 is 5.82 Å². The third kappa shape index (κ3) is 3.97. The Morgan fingerprint density at radius 3 is 2.85 bits per heavy atom. The van der Waals surface area contributed by atoms with Crippen molar-refractivity contribution in [1.82, 2.24) is 15.0 Å². The zero-order valence-electron chi connectivity index (χ0n) is 14.5. The summed E-state index contributed by atoms with van der Waals surface area (Å²) in [5.74, 6) is 0.261. The van der Waals surface area contributed by atoms with Crippen LogP contribution in [-0.2, 0) is 0 Å². The van der Waals surface area contributed by atoms with E-state index in [-0.39, 0.29) is 17.8 Å². The lowest BCUT2D eigenvalue weighted by Crippen LogP contribution is -2.39. The Labute approximate surface area is 155 Å². The highest BCUT2D eigenvalue weighted by atomic mass is 19.1. The monoisotopic (exact) mass is 367 g/mol. The second kappa shape index (κ2) is 7.57. The number of carbonyl (C=O) groups is 1. The second-order valence-corrected chi connectivity index (χ2v) is 6.43. The number of rotatable bonds is 4. The topological polar surface area (TPSA) is 68.5 Å². The van der Waals surface area contributed by atoms with Crippen molar-refractivity contribution in [2.45, 2.75) is 18.8 Å². The van der Waals surface area contributed by atoms with Crippen LogP contribution in [0.2, 0.25) is 0 Å². The molecule has 0 radical (unpaired) electrons. The van der Waals surface area contributed by atoms with Gasteiger partial charge in [0, 0.05) is 24.7 Å². The first kappa shape index (κ1) is 17.2. The zero-order chi connectivity index (χ0) is 18.6. The van der Waals surface area contributed by atoms with Crippen LogP contribution in [0.5, 0.6) is 11.8 Å². The lowest BCUT2D eigenvalue weighted by molar-refractivity contribution is 0.0695. The van der Waals surface area contributed by atoms with Gasteiger partial charge in [0.05, 0.1) is 5.92 Å². The van der Waals surface area contributed by atoms with Crippen LogP contribution < -0.4 is 4.74 Å². The molecule has 1 aliphatic heterocycles. The lowest BCUT2D eigenvalue weighted by atomic mass is 9.97. The zero-order valence-corrected chi connectivity index (χ0v) is 14.5. The number of halogens is 1. The molecule has 0 spiro atoms. The van der Waals surface area contributed by atoms with Gasteiger partial charge in [-0.3, -0.25) is 4.79 Å². The van der Waals surface area contributed by atoms with E-state index in [2.05, 4.69) is 10.1 Å². The molecule has 1 saturated heterocycles. The molecule has 2 aromatic carbocycles. The molecule has 2 heterocycles. The van der Waals surface area contributed by atoms with E-state index in [9.17, 15) is 9.18 Å². The largest absolute Gasteiger partial charge is 0.422 e. The minimum absolute atomic E-state index is 0.00366. The minimum atomic E-state index is -0.404. The van der Waals surface area contributed by atoms with Crippen LogP contribution in [0.15, 0.2) is 59.1 Å². The van der Waals surface area contributed by atoms with E-state index in [1.54, 1.807) is 17.0 Å². The molecule has 1 atom stereocenters. The number of ether oxygens (including phenoxy) is 1. The fourth-order valence-electron chi connectivity index (χ4n) is 3.19. The summed E-state index contributed by atoms with van der Waals surface area (Å²) >= 11 is 0. The summed E-state index contributed by atoms with van der Waals surface area (Å²) < 4.78 is 24.0. The van der Waals surface area contributed by atoms with Gasteiger partial charge in [0.2, 0.25) is 5.89 Å². The Kier molecular flexibility index (Phi) is 4.82. The van der Waals surface area contributed by atoms with E-state index >= 15 is 0 Å². The Bertz CT molecular complexity index is 929. The van der Waals surface area contributed by atoms with E-state index in [0.29, 0.717) is 30.3 Å². The molecule has 1 aliphatic rings.